The molecule has 5 nitrogen and oxygen atoms in total. The highest BCUT2D eigenvalue weighted by molar-refractivity contribution is 8.26. The summed E-state index contributed by atoms with van der Waals surface area (Å²) in [5.41, 5.74) is 0.893. The maximum Gasteiger partial charge on any atom is 0.303 e. The fraction of sp³-hybridized carbons (Fsp3) is 0.353. The molecule has 128 valence electrons. The van der Waals surface area contributed by atoms with E-state index < -0.39 is 5.97 Å². The number of nitrogens with zero attached hydrogens (tertiary/aromatic N) is 1. The van der Waals surface area contributed by atoms with E-state index in [9.17, 15) is 9.59 Å². The molecule has 1 N–H and O–H groups in total. The largest absolute Gasteiger partial charge is 0.494 e. The van der Waals surface area contributed by atoms with Crippen molar-refractivity contribution in [3.63, 3.8) is 0 Å². The van der Waals surface area contributed by atoms with Gasteiger partial charge in [-0.2, -0.15) is 0 Å². The van der Waals surface area contributed by atoms with E-state index in [1.54, 1.807) is 6.08 Å². The monoisotopic (exact) mass is 365 g/mol. The van der Waals surface area contributed by atoms with Gasteiger partial charge in [0.25, 0.3) is 5.91 Å². The zero-order valence-electron chi connectivity index (χ0n) is 13.4. The number of thiocarbonyl (C=S) groups is 1. The topological polar surface area (TPSA) is 66.8 Å². The molecular formula is C17H19NO4S2. The number of aliphatic carboxylic acids is 1. The number of hydrogen-bond donors (Lipinski definition) is 1. The first-order valence-electron chi connectivity index (χ1n) is 7.71. The summed E-state index contributed by atoms with van der Waals surface area (Å²) < 4.78 is 6.00. The molecule has 1 amide bonds. The van der Waals surface area contributed by atoms with Gasteiger partial charge in [0.1, 0.15) is 10.1 Å². The molecule has 7 heteroatoms. The van der Waals surface area contributed by atoms with Crippen LogP contribution in [0.3, 0.4) is 0 Å². The van der Waals surface area contributed by atoms with Gasteiger partial charge in [-0.25, -0.2) is 0 Å². The fourth-order valence-electron chi connectivity index (χ4n) is 2.11. The Morgan fingerprint density at radius 2 is 2.08 bits per heavy atom. The number of carbonyl (C=O) groups excluding carboxylic acids is 1. The molecule has 0 spiro atoms. The molecule has 2 rings (SSSR count). The molecule has 0 radical (unpaired) electrons. The first-order chi connectivity index (χ1) is 11.5. The molecule has 1 aromatic carbocycles. The molecule has 1 heterocycles. The number of thioether (sulfide) groups is 1. The van der Waals surface area contributed by atoms with E-state index in [2.05, 4.69) is 0 Å². The number of carboxylic acid groups (broad SMARTS) is 1. The average Bonchev–Trinajstić information content (AvgIpc) is 2.81. The van der Waals surface area contributed by atoms with Crippen LogP contribution in [-0.2, 0) is 9.59 Å². The molecule has 0 aromatic heterocycles. The van der Waals surface area contributed by atoms with Crippen LogP contribution in [0.2, 0.25) is 0 Å². The minimum absolute atomic E-state index is 0.0231. The lowest BCUT2D eigenvalue weighted by Crippen LogP contribution is -2.29. The third kappa shape index (κ3) is 5.07. The van der Waals surface area contributed by atoms with E-state index in [1.165, 1.54) is 16.7 Å². The number of carbonyl (C=O) groups is 2. The van der Waals surface area contributed by atoms with Crippen LogP contribution in [0.4, 0.5) is 0 Å². The number of rotatable bonds is 8. The number of hydrogen-bond acceptors (Lipinski definition) is 5. The smallest absolute Gasteiger partial charge is 0.303 e. The Hall–Kier alpha value is -1.86. The highest BCUT2D eigenvalue weighted by Crippen LogP contribution is 2.32. The van der Waals surface area contributed by atoms with Crippen molar-refractivity contribution >= 4 is 46.3 Å². The summed E-state index contributed by atoms with van der Waals surface area (Å²) in [7, 11) is 0. The van der Waals surface area contributed by atoms with E-state index in [-0.39, 0.29) is 12.3 Å². The summed E-state index contributed by atoms with van der Waals surface area (Å²) in [5.74, 6) is -0.238. The van der Waals surface area contributed by atoms with Crippen LogP contribution in [0.1, 0.15) is 31.7 Å². The van der Waals surface area contributed by atoms with Gasteiger partial charge in [0.2, 0.25) is 0 Å². The third-order valence-corrected chi connectivity index (χ3v) is 4.67. The predicted octanol–water partition coefficient (Wildman–Crippen LogP) is 3.54. The van der Waals surface area contributed by atoms with Crippen molar-refractivity contribution in [2.24, 2.45) is 0 Å². The summed E-state index contributed by atoms with van der Waals surface area (Å²) in [6, 6.07) is 7.52. The van der Waals surface area contributed by atoms with E-state index in [0.717, 1.165) is 17.7 Å². The van der Waals surface area contributed by atoms with Gasteiger partial charge in [-0.1, -0.05) is 43.0 Å². The molecule has 1 saturated heterocycles. The second-order valence-electron chi connectivity index (χ2n) is 5.25. The van der Waals surface area contributed by atoms with Gasteiger partial charge < -0.3 is 9.84 Å². The summed E-state index contributed by atoms with van der Waals surface area (Å²) in [6.45, 7) is 3.05. The van der Waals surface area contributed by atoms with Crippen LogP contribution in [0.25, 0.3) is 6.08 Å². The van der Waals surface area contributed by atoms with E-state index in [4.69, 9.17) is 22.1 Å². The molecule has 1 aromatic rings. The van der Waals surface area contributed by atoms with Gasteiger partial charge in [0, 0.05) is 13.0 Å². The maximum absolute atomic E-state index is 12.4. The summed E-state index contributed by atoms with van der Waals surface area (Å²) in [6.07, 6.45) is 3.15. The first kappa shape index (κ1) is 18.5. The van der Waals surface area contributed by atoms with Gasteiger partial charge in [-0.3, -0.25) is 14.5 Å². The Kier molecular flexibility index (Phi) is 6.81. The van der Waals surface area contributed by atoms with Crippen molar-refractivity contribution in [2.45, 2.75) is 26.2 Å². The van der Waals surface area contributed by atoms with Crippen molar-refractivity contribution in [2.75, 3.05) is 13.2 Å². The van der Waals surface area contributed by atoms with Crippen molar-refractivity contribution < 1.29 is 19.4 Å². The van der Waals surface area contributed by atoms with Crippen molar-refractivity contribution in [3.8, 4) is 5.75 Å². The van der Waals surface area contributed by atoms with E-state index in [0.29, 0.717) is 28.8 Å². The number of benzene rings is 1. The third-order valence-electron chi connectivity index (χ3n) is 3.30. The van der Waals surface area contributed by atoms with Crippen LogP contribution < -0.4 is 4.74 Å². The molecular weight excluding hydrogens is 346 g/mol. The molecule has 0 unspecified atom stereocenters. The second kappa shape index (κ2) is 8.84. The number of carboxylic acids is 1. The Morgan fingerprint density at radius 3 is 2.71 bits per heavy atom. The lowest BCUT2D eigenvalue weighted by atomic mass is 10.2. The second-order valence-corrected chi connectivity index (χ2v) is 6.92. The lowest BCUT2D eigenvalue weighted by Gasteiger charge is -2.13. The van der Waals surface area contributed by atoms with Gasteiger partial charge in [0.15, 0.2) is 0 Å². The summed E-state index contributed by atoms with van der Waals surface area (Å²) in [4.78, 5) is 25.0. The van der Waals surface area contributed by atoms with Crippen molar-refractivity contribution in [3.05, 3.63) is 34.7 Å². The molecule has 1 aliphatic heterocycles. The average molecular weight is 365 g/mol. The Labute approximate surface area is 150 Å². The minimum Gasteiger partial charge on any atom is -0.494 e. The molecule has 24 heavy (non-hydrogen) atoms. The Balaban J connectivity index is 2.01. The lowest BCUT2D eigenvalue weighted by molar-refractivity contribution is -0.137. The van der Waals surface area contributed by atoms with Crippen LogP contribution in [0, 0.1) is 0 Å². The van der Waals surface area contributed by atoms with Crippen LogP contribution >= 0.6 is 24.0 Å². The van der Waals surface area contributed by atoms with Gasteiger partial charge in [0.05, 0.1) is 11.5 Å². The highest BCUT2D eigenvalue weighted by atomic mass is 32.2. The minimum atomic E-state index is -0.874. The molecule has 0 saturated carbocycles. The van der Waals surface area contributed by atoms with Crippen molar-refractivity contribution in [1.29, 1.82) is 0 Å². The zero-order valence-corrected chi connectivity index (χ0v) is 15.0. The first-order valence-corrected chi connectivity index (χ1v) is 8.93. The molecule has 0 bridgehead atoms. The number of amides is 1. The van der Waals surface area contributed by atoms with Gasteiger partial charge >= 0.3 is 5.97 Å². The molecule has 1 fully saturated rings. The predicted molar refractivity (Wildman–Crippen MR) is 99.0 cm³/mol. The van der Waals surface area contributed by atoms with Gasteiger partial charge in [-0.15, -0.1) is 0 Å². The maximum atomic E-state index is 12.4. The molecule has 0 atom stereocenters. The van der Waals surface area contributed by atoms with Crippen LogP contribution in [0.15, 0.2) is 29.2 Å². The zero-order chi connectivity index (χ0) is 17.5. The molecule has 1 aliphatic rings. The van der Waals surface area contributed by atoms with Crippen LogP contribution in [0.5, 0.6) is 5.75 Å². The Morgan fingerprint density at radius 1 is 1.38 bits per heavy atom. The Bertz CT molecular complexity index is 655. The normalized spacial score (nSPS) is 16.0. The summed E-state index contributed by atoms with van der Waals surface area (Å²) in [5, 5.41) is 8.68. The van der Waals surface area contributed by atoms with Gasteiger partial charge in [-0.05, 0) is 36.6 Å². The quantitative estimate of drug-likeness (QED) is 0.561. The SMILES string of the molecule is CCCOc1ccc(C=C2SC(=S)N(CCCC(=O)O)C2=O)cc1. The standard InChI is InChI=1S/C17H19NO4S2/c1-2-10-22-13-7-5-12(6-8-13)11-14-16(21)18(17(23)24-14)9-3-4-15(19)20/h5-8,11H,2-4,9-10H2,1H3,(H,19,20). The highest BCUT2D eigenvalue weighted by Gasteiger charge is 2.31. The van der Waals surface area contributed by atoms with E-state index in [1.807, 2.05) is 31.2 Å². The fourth-order valence-corrected chi connectivity index (χ4v) is 3.42. The number of ether oxygens (including phenoxy) is 1. The van der Waals surface area contributed by atoms with Crippen molar-refractivity contribution in [1.82, 2.24) is 4.90 Å². The van der Waals surface area contributed by atoms with E-state index >= 15 is 0 Å². The molecule has 0 aliphatic carbocycles. The summed E-state index contributed by atoms with van der Waals surface area (Å²) >= 11 is 6.46. The van der Waals surface area contributed by atoms with Crippen LogP contribution in [-0.4, -0.2) is 39.4 Å².